The van der Waals surface area contributed by atoms with Gasteiger partial charge in [-0.15, -0.1) is 0 Å². The number of benzene rings is 2. The predicted octanol–water partition coefficient (Wildman–Crippen LogP) is 4.14. The Labute approximate surface area is 187 Å². The average Bonchev–Trinajstić information content (AvgIpc) is 2.83. The van der Waals surface area contributed by atoms with Crippen molar-refractivity contribution in [3.05, 3.63) is 106 Å². The van der Waals surface area contributed by atoms with Gasteiger partial charge >= 0.3 is 0 Å². The highest BCUT2D eigenvalue weighted by atomic mass is 16.3. The van der Waals surface area contributed by atoms with Crippen molar-refractivity contribution in [1.82, 2.24) is 9.58 Å². The van der Waals surface area contributed by atoms with E-state index in [2.05, 4.69) is 13.5 Å². The van der Waals surface area contributed by atoms with Crippen LogP contribution in [0.3, 0.4) is 0 Å². The molecule has 1 atom stereocenters. The Morgan fingerprint density at radius 2 is 1.78 bits per heavy atom. The summed E-state index contributed by atoms with van der Waals surface area (Å²) in [6.07, 6.45) is 5.15. The van der Waals surface area contributed by atoms with Crippen molar-refractivity contribution < 1.29 is 9.90 Å². The number of hydrogen-bond acceptors (Lipinski definition) is 4. The second-order valence-electron chi connectivity index (χ2n) is 7.87. The van der Waals surface area contributed by atoms with Crippen LogP contribution in [-0.4, -0.2) is 33.8 Å². The second kappa shape index (κ2) is 9.14. The molecule has 0 spiro atoms. The van der Waals surface area contributed by atoms with Gasteiger partial charge in [-0.2, -0.15) is 0 Å². The molecule has 1 aliphatic heterocycles. The maximum atomic E-state index is 13.2. The summed E-state index contributed by atoms with van der Waals surface area (Å²) < 4.78 is 1.62. The van der Waals surface area contributed by atoms with E-state index in [1.807, 2.05) is 65.7 Å². The fraction of sp³-hybridized carbons (Fsp3) is 0.231. The first-order valence-corrected chi connectivity index (χ1v) is 10.8. The van der Waals surface area contributed by atoms with Crippen LogP contribution in [0, 0.1) is 0 Å². The zero-order chi connectivity index (χ0) is 22.7. The Morgan fingerprint density at radius 1 is 1.06 bits per heavy atom. The molecule has 0 aliphatic carbocycles. The molecule has 4 rings (SSSR count). The van der Waals surface area contributed by atoms with Crippen LogP contribution in [-0.2, 0) is 0 Å². The molecule has 1 aromatic heterocycles. The van der Waals surface area contributed by atoms with E-state index in [4.69, 9.17) is 0 Å². The van der Waals surface area contributed by atoms with Crippen LogP contribution >= 0.6 is 0 Å². The van der Waals surface area contributed by atoms with Crippen molar-refractivity contribution in [1.29, 1.82) is 0 Å². The van der Waals surface area contributed by atoms with Gasteiger partial charge in [-0.1, -0.05) is 80.6 Å². The van der Waals surface area contributed by atoms with Crippen LogP contribution < -0.4 is 10.4 Å². The maximum absolute atomic E-state index is 13.2. The molecule has 164 valence electrons. The van der Waals surface area contributed by atoms with Gasteiger partial charge < -0.3 is 10.0 Å². The van der Waals surface area contributed by atoms with Gasteiger partial charge in [0.1, 0.15) is 6.67 Å². The average molecular weight is 430 g/mol. The Balaban J connectivity index is 1.95. The molecule has 0 saturated heterocycles. The maximum Gasteiger partial charge on any atom is 0.277 e. The third-order valence-corrected chi connectivity index (χ3v) is 5.84. The predicted molar refractivity (Wildman–Crippen MR) is 126 cm³/mol. The molecule has 1 aliphatic rings. The number of nitrogens with zero attached hydrogens (tertiary/aromatic N) is 3. The van der Waals surface area contributed by atoms with Crippen molar-refractivity contribution in [2.45, 2.75) is 25.8 Å². The largest absolute Gasteiger partial charge is 0.502 e. The summed E-state index contributed by atoms with van der Waals surface area (Å²) in [5, 5.41) is 12.6. The lowest BCUT2D eigenvalue weighted by Crippen LogP contribution is -2.55. The molecule has 1 N–H and O–H groups in total. The van der Waals surface area contributed by atoms with Crippen molar-refractivity contribution in [2.24, 2.45) is 0 Å². The van der Waals surface area contributed by atoms with Crippen LogP contribution in [0.5, 0.6) is 5.75 Å². The van der Waals surface area contributed by atoms with Gasteiger partial charge in [0.2, 0.25) is 5.43 Å². The summed E-state index contributed by atoms with van der Waals surface area (Å²) >= 11 is 0. The first-order chi connectivity index (χ1) is 15.6. The zero-order valence-electron chi connectivity index (χ0n) is 18.1. The summed E-state index contributed by atoms with van der Waals surface area (Å²) in [5.41, 5.74) is 2.45. The highest BCUT2D eigenvalue weighted by molar-refractivity contribution is 5.96. The number of fused-ring (bicyclic) bond motifs is 1. The number of aromatic hydroxyl groups is 1. The van der Waals surface area contributed by atoms with Crippen LogP contribution in [0.2, 0.25) is 0 Å². The summed E-state index contributed by atoms with van der Waals surface area (Å²) in [6, 6.07) is 19.0. The van der Waals surface area contributed by atoms with Crippen molar-refractivity contribution in [3.63, 3.8) is 0 Å². The molecule has 1 amide bonds. The van der Waals surface area contributed by atoms with E-state index in [9.17, 15) is 14.7 Å². The lowest BCUT2D eigenvalue weighted by molar-refractivity contribution is 0.0677. The van der Waals surface area contributed by atoms with Gasteiger partial charge in [-0.3, -0.25) is 19.3 Å². The van der Waals surface area contributed by atoms with Crippen LogP contribution in [0.15, 0.2) is 78.2 Å². The van der Waals surface area contributed by atoms with Gasteiger partial charge in [0, 0.05) is 18.8 Å². The van der Waals surface area contributed by atoms with Crippen LogP contribution in [0.25, 0.3) is 6.08 Å². The molecule has 0 fully saturated rings. The summed E-state index contributed by atoms with van der Waals surface area (Å²) in [4.78, 5) is 27.1. The van der Waals surface area contributed by atoms with Gasteiger partial charge in [-0.25, -0.2) is 0 Å². The van der Waals surface area contributed by atoms with E-state index in [-0.39, 0.29) is 17.6 Å². The molecular formula is C26H27N3O3. The third-order valence-electron chi connectivity index (χ3n) is 5.84. The van der Waals surface area contributed by atoms with E-state index in [0.29, 0.717) is 13.2 Å². The SMILES string of the molecule is C=Cc1ccccc1[C@@H](c1ccccc1)N1CN(CCCC)C(=O)c2c(O)c(=O)ccn21. The number of carbonyl (C=O) groups excluding carboxylic acids is 1. The molecular weight excluding hydrogens is 402 g/mol. The minimum atomic E-state index is -0.565. The molecule has 6 nitrogen and oxygen atoms in total. The van der Waals surface area contributed by atoms with Crippen LogP contribution in [0.4, 0.5) is 0 Å². The fourth-order valence-corrected chi connectivity index (χ4v) is 4.21. The molecule has 3 aromatic rings. The van der Waals surface area contributed by atoms with Gasteiger partial charge in [0.05, 0.1) is 6.04 Å². The zero-order valence-corrected chi connectivity index (χ0v) is 18.1. The van der Waals surface area contributed by atoms with E-state index in [1.165, 1.54) is 6.07 Å². The number of hydrogen-bond donors (Lipinski definition) is 1. The van der Waals surface area contributed by atoms with E-state index in [0.717, 1.165) is 29.5 Å². The standard InChI is InChI=1S/C26H27N3O3/c1-3-5-16-27-18-29(28-17-15-22(30)25(31)24(28)26(27)32)23(20-12-7-6-8-13-20)21-14-10-9-11-19(21)4-2/h4,6-15,17,23,31H,2-3,5,16,18H2,1H3/t23-/m1/s1. The number of amides is 1. The summed E-state index contributed by atoms with van der Waals surface area (Å²) in [7, 11) is 0. The van der Waals surface area contributed by atoms with Crippen LogP contribution in [0.1, 0.15) is 53.0 Å². The van der Waals surface area contributed by atoms with Crippen molar-refractivity contribution in [2.75, 3.05) is 18.2 Å². The number of carbonyl (C=O) groups is 1. The monoisotopic (exact) mass is 429 g/mol. The van der Waals surface area contributed by atoms with E-state index >= 15 is 0 Å². The number of rotatable bonds is 7. The van der Waals surface area contributed by atoms with E-state index < -0.39 is 11.2 Å². The molecule has 2 heterocycles. The highest BCUT2D eigenvalue weighted by Gasteiger charge is 2.36. The molecule has 0 unspecified atom stereocenters. The lowest BCUT2D eigenvalue weighted by atomic mass is 9.93. The minimum Gasteiger partial charge on any atom is -0.502 e. The first kappa shape index (κ1) is 21.4. The van der Waals surface area contributed by atoms with E-state index in [1.54, 1.807) is 15.8 Å². The number of pyridine rings is 1. The van der Waals surface area contributed by atoms with Gasteiger partial charge in [0.15, 0.2) is 11.4 Å². The number of unbranched alkanes of at least 4 members (excludes halogenated alkanes) is 1. The molecule has 2 aromatic carbocycles. The highest BCUT2D eigenvalue weighted by Crippen LogP contribution is 2.34. The third kappa shape index (κ3) is 3.80. The Hall–Kier alpha value is -3.80. The topological polar surface area (TPSA) is 65.8 Å². The normalized spacial score (nSPS) is 14.2. The molecule has 0 radical (unpaired) electrons. The smallest absolute Gasteiger partial charge is 0.277 e. The van der Waals surface area contributed by atoms with Gasteiger partial charge in [-0.05, 0) is 23.1 Å². The Morgan fingerprint density at radius 3 is 2.50 bits per heavy atom. The summed E-state index contributed by atoms with van der Waals surface area (Å²) in [5.74, 6) is -0.860. The quantitative estimate of drug-likeness (QED) is 0.613. The fourth-order valence-electron chi connectivity index (χ4n) is 4.21. The second-order valence-corrected chi connectivity index (χ2v) is 7.87. The molecule has 32 heavy (non-hydrogen) atoms. The minimum absolute atomic E-state index is 0.00290. The van der Waals surface area contributed by atoms with Crippen molar-refractivity contribution >= 4 is 12.0 Å². The Bertz CT molecular complexity index is 1190. The molecule has 6 heteroatoms. The number of aromatic nitrogens is 1. The van der Waals surface area contributed by atoms with Gasteiger partial charge in [0.25, 0.3) is 5.91 Å². The first-order valence-electron chi connectivity index (χ1n) is 10.8. The molecule has 0 saturated carbocycles. The Kier molecular flexibility index (Phi) is 6.12. The summed E-state index contributed by atoms with van der Waals surface area (Å²) in [6.45, 7) is 6.90. The lowest BCUT2D eigenvalue weighted by Gasteiger charge is -2.44. The molecule has 0 bridgehead atoms. The van der Waals surface area contributed by atoms with Crippen molar-refractivity contribution in [3.8, 4) is 5.75 Å².